The van der Waals surface area contributed by atoms with Crippen LogP contribution in [0.4, 0.5) is 0 Å². The number of allylic oxidation sites excluding steroid dienone is 10. The van der Waals surface area contributed by atoms with E-state index in [1.165, 1.54) is 96.3 Å². The van der Waals surface area contributed by atoms with Crippen LogP contribution in [-0.2, 0) is 32.7 Å². The predicted octanol–water partition coefficient (Wildman–Crippen LogP) is 12.7. The minimum Gasteiger partial charge on any atom is -0.462 e. The minimum atomic E-state index is -4.64. The van der Waals surface area contributed by atoms with E-state index < -0.39 is 51.8 Å². The molecule has 3 N–H and O–H groups in total. The Morgan fingerprint density at radius 1 is 0.508 bits per heavy atom. The summed E-state index contributed by atoms with van der Waals surface area (Å²) in [6.45, 7) is 2.29. The monoisotopic (exact) mass is 853 g/mol. The number of rotatable bonds is 43. The Labute approximate surface area is 359 Å². The van der Waals surface area contributed by atoms with Crippen LogP contribution < -0.4 is 0 Å². The lowest BCUT2D eigenvalue weighted by Gasteiger charge is -2.20. The Balaban J connectivity index is 4.33. The van der Waals surface area contributed by atoms with Crippen LogP contribution in [0.2, 0.25) is 0 Å². The van der Waals surface area contributed by atoms with Crippen molar-refractivity contribution in [1.82, 2.24) is 0 Å². The van der Waals surface area contributed by atoms with Gasteiger partial charge in [0, 0.05) is 12.8 Å². The zero-order valence-electron chi connectivity index (χ0n) is 37.2. The number of phosphoric acid groups is 1. The van der Waals surface area contributed by atoms with Gasteiger partial charge in [-0.05, 0) is 77.0 Å². The number of aliphatic hydroxyl groups is 2. The van der Waals surface area contributed by atoms with E-state index in [1.807, 2.05) is 6.08 Å². The lowest BCUT2D eigenvalue weighted by atomic mass is 10.1. The van der Waals surface area contributed by atoms with Gasteiger partial charge in [-0.15, -0.1) is 0 Å². The maximum absolute atomic E-state index is 12.6. The van der Waals surface area contributed by atoms with E-state index in [-0.39, 0.29) is 19.4 Å². The van der Waals surface area contributed by atoms with Gasteiger partial charge in [0.2, 0.25) is 0 Å². The average Bonchev–Trinajstić information content (AvgIpc) is 3.22. The van der Waals surface area contributed by atoms with Gasteiger partial charge >= 0.3 is 19.8 Å². The van der Waals surface area contributed by atoms with E-state index in [4.69, 9.17) is 19.1 Å². The van der Waals surface area contributed by atoms with E-state index in [9.17, 15) is 24.2 Å². The molecule has 0 aliphatic rings. The summed E-state index contributed by atoms with van der Waals surface area (Å²) in [4.78, 5) is 35.0. The fourth-order valence-corrected chi connectivity index (χ4v) is 6.83. The quantitative estimate of drug-likeness (QED) is 0.0234. The summed E-state index contributed by atoms with van der Waals surface area (Å²) in [5, 5.41) is 18.4. The average molecular weight is 853 g/mol. The molecule has 0 aromatic carbocycles. The number of carbonyl (C=O) groups is 2. The molecule has 0 saturated carbocycles. The number of hydrogen-bond acceptors (Lipinski definition) is 9. The lowest BCUT2D eigenvalue weighted by molar-refractivity contribution is -0.161. The number of aliphatic hydroxyl groups excluding tert-OH is 2. The molecule has 0 fully saturated rings. The fourth-order valence-electron chi connectivity index (χ4n) is 6.04. The summed E-state index contributed by atoms with van der Waals surface area (Å²) in [7, 11) is -4.64. The topological polar surface area (TPSA) is 149 Å². The van der Waals surface area contributed by atoms with Crippen LogP contribution in [-0.4, -0.2) is 65.7 Å². The number of esters is 2. The highest BCUT2D eigenvalue weighted by Gasteiger charge is 2.27. The van der Waals surface area contributed by atoms with Crippen molar-refractivity contribution in [3.05, 3.63) is 60.8 Å². The minimum absolute atomic E-state index is 0.110. The normalized spacial score (nSPS) is 14.3. The van der Waals surface area contributed by atoms with Crippen LogP contribution in [0, 0.1) is 0 Å². The predicted molar refractivity (Wildman–Crippen MR) is 242 cm³/mol. The van der Waals surface area contributed by atoms with E-state index in [0.29, 0.717) is 19.3 Å². The molecule has 0 aromatic rings. The summed E-state index contributed by atoms with van der Waals surface area (Å²) in [5.41, 5.74) is 0. The van der Waals surface area contributed by atoms with Gasteiger partial charge in [0.15, 0.2) is 6.10 Å². The molecular formula is C48H85O10P. The highest BCUT2D eigenvalue weighted by molar-refractivity contribution is 7.47. The SMILES string of the molecule is CCCCC/C=C/C/C=C/CCCCCCCCCCCC(=O)OC[C@H](COP(=O)(O)OC[C@@H](O)CO)OC(=O)CCC/C=C/C/C=C/C/C=C/CCCCCCCC. The highest BCUT2D eigenvalue weighted by atomic mass is 31.2. The van der Waals surface area contributed by atoms with Crippen LogP contribution >= 0.6 is 7.82 Å². The molecule has 1 unspecified atom stereocenters. The number of hydrogen-bond donors (Lipinski definition) is 3. The van der Waals surface area contributed by atoms with Crippen LogP contribution in [0.5, 0.6) is 0 Å². The Bertz CT molecular complexity index is 1160. The second kappa shape index (κ2) is 43.7. The molecule has 0 aliphatic heterocycles. The van der Waals surface area contributed by atoms with Gasteiger partial charge in [-0.1, -0.05) is 164 Å². The summed E-state index contributed by atoms with van der Waals surface area (Å²) in [6, 6.07) is 0. The smallest absolute Gasteiger partial charge is 0.462 e. The van der Waals surface area contributed by atoms with Crippen molar-refractivity contribution < 1.29 is 47.8 Å². The Morgan fingerprint density at radius 3 is 1.41 bits per heavy atom. The first-order valence-corrected chi connectivity index (χ1v) is 24.7. The van der Waals surface area contributed by atoms with Crippen molar-refractivity contribution in [1.29, 1.82) is 0 Å². The van der Waals surface area contributed by atoms with E-state index in [1.54, 1.807) is 0 Å². The number of ether oxygens (including phenoxy) is 2. The Morgan fingerprint density at radius 2 is 0.898 bits per heavy atom. The van der Waals surface area contributed by atoms with Crippen LogP contribution in [0.1, 0.15) is 194 Å². The molecule has 0 radical (unpaired) electrons. The summed E-state index contributed by atoms with van der Waals surface area (Å²) in [5.74, 6) is -0.991. The van der Waals surface area contributed by atoms with Gasteiger partial charge in [-0.2, -0.15) is 0 Å². The van der Waals surface area contributed by atoms with Gasteiger partial charge in [-0.3, -0.25) is 18.6 Å². The largest absolute Gasteiger partial charge is 0.472 e. The van der Waals surface area contributed by atoms with Crippen molar-refractivity contribution in [3.8, 4) is 0 Å². The number of phosphoric ester groups is 1. The van der Waals surface area contributed by atoms with Crippen molar-refractivity contribution in [2.45, 2.75) is 206 Å². The fraction of sp³-hybridized carbons (Fsp3) is 0.750. The molecule has 0 spiro atoms. The molecule has 3 atom stereocenters. The van der Waals surface area contributed by atoms with Gasteiger partial charge in [0.25, 0.3) is 0 Å². The van der Waals surface area contributed by atoms with Gasteiger partial charge < -0.3 is 24.6 Å². The molecule has 0 saturated heterocycles. The molecule has 0 heterocycles. The maximum atomic E-state index is 12.6. The zero-order valence-corrected chi connectivity index (χ0v) is 38.1. The maximum Gasteiger partial charge on any atom is 0.472 e. The molecule has 0 aliphatic carbocycles. The summed E-state index contributed by atoms with van der Waals surface area (Å²) >= 11 is 0. The molecule has 0 rings (SSSR count). The molecule has 10 nitrogen and oxygen atoms in total. The molecule has 0 bridgehead atoms. The van der Waals surface area contributed by atoms with Crippen molar-refractivity contribution in [2.75, 3.05) is 26.4 Å². The molecule has 59 heavy (non-hydrogen) atoms. The zero-order chi connectivity index (χ0) is 43.3. The van der Waals surface area contributed by atoms with Crippen molar-refractivity contribution in [3.63, 3.8) is 0 Å². The third-order valence-electron chi connectivity index (χ3n) is 9.64. The summed E-state index contributed by atoms with van der Waals surface area (Å²) in [6.07, 6.45) is 49.0. The van der Waals surface area contributed by atoms with Gasteiger partial charge in [0.05, 0.1) is 19.8 Å². The van der Waals surface area contributed by atoms with Crippen LogP contribution in [0.25, 0.3) is 0 Å². The molecule has 0 aromatic heterocycles. The second-order valence-electron chi connectivity index (χ2n) is 15.4. The first-order valence-electron chi connectivity index (χ1n) is 23.2. The van der Waals surface area contributed by atoms with Crippen molar-refractivity contribution >= 4 is 19.8 Å². The lowest BCUT2D eigenvalue weighted by Crippen LogP contribution is -2.29. The van der Waals surface area contributed by atoms with Gasteiger partial charge in [-0.25, -0.2) is 4.57 Å². The molecule has 342 valence electrons. The van der Waals surface area contributed by atoms with E-state index in [2.05, 4.69) is 73.1 Å². The van der Waals surface area contributed by atoms with E-state index >= 15 is 0 Å². The third-order valence-corrected chi connectivity index (χ3v) is 10.6. The van der Waals surface area contributed by atoms with Crippen molar-refractivity contribution in [2.24, 2.45) is 0 Å². The standard InChI is InChI=1S/C48H85O10P/c1-3-5-7-9-11-13-15-17-19-21-22-24-25-27-29-31-33-35-37-39-47(51)55-43-46(44-57-59(53,54)56-42-45(50)41-49)58-48(52)40-38-36-34-32-30-28-26-23-20-18-16-14-12-10-8-6-4-2/h11,13,17-20,26,28,32,34,45-46,49-50H,3-10,12,14-16,21-25,27,29-31,33,35-44H2,1-2H3,(H,53,54)/b13-11+,19-17+,20-18+,28-26+,34-32+/t45-,46+/m0/s1. The Kier molecular flexibility index (Phi) is 42.0. The molecular weight excluding hydrogens is 767 g/mol. The molecule has 0 amide bonds. The Hall–Kier alpha value is -2.33. The summed E-state index contributed by atoms with van der Waals surface area (Å²) < 4.78 is 32.7. The van der Waals surface area contributed by atoms with Crippen LogP contribution in [0.15, 0.2) is 60.8 Å². The third kappa shape index (κ3) is 43.6. The molecule has 11 heteroatoms. The first-order chi connectivity index (χ1) is 28.7. The highest BCUT2D eigenvalue weighted by Crippen LogP contribution is 2.43. The first kappa shape index (κ1) is 56.7. The van der Waals surface area contributed by atoms with Gasteiger partial charge in [0.1, 0.15) is 12.7 Å². The van der Waals surface area contributed by atoms with E-state index in [0.717, 1.165) is 51.4 Å². The second-order valence-corrected chi connectivity index (χ2v) is 16.9. The van der Waals surface area contributed by atoms with Crippen LogP contribution in [0.3, 0.4) is 0 Å². The number of carbonyl (C=O) groups excluding carboxylic acids is 2. The number of unbranched alkanes of at least 4 members (excludes halogenated alkanes) is 19.